The van der Waals surface area contributed by atoms with Crippen molar-refractivity contribution in [2.24, 2.45) is 5.73 Å². The van der Waals surface area contributed by atoms with Gasteiger partial charge in [-0.2, -0.15) is 0 Å². The van der Waals surface area contributed by atoms with Crippen LogP contribution in [0.1, 0.15) is 19.8 Å². The van der Waals surface area contributed by atoms with E-state index in [1.807, 2.05) is 6.92 Å². The van der Waals surface area contributed by atoms with Crippen molar-refractivity contribution in [3.8, 4) is 0 Å². The molecule has 0 saturated heterocycles. The van der Waals surface area contributed by atoms with E-state index in [1.165, 1.54) is 6.07 Å². The number of unbranched alkanes of at least 4 members (excludes halogenated alkanes) is 1. The Morgan fingerprint density at radius 2 is 2.16 bits per heavy atom. The van der Waals surface area contributed by atoms with Crippen LogP contribution in [0, 0.1) is 10.1 Å². The van der Waals surface area contributed by atoms with Crippen molar-refractivity contribution in [2.75, 3.05) is 23.7 Å². The summed E-state index contributed by atoms with van der Waals surface area (Å²) in [7, 11) is 0. The third-order valence-electron chi connectivity index (χ3n) is 2.70. The largest absolute Gasteiger partial charge is 0.393 e. The van der Waals surface area contributed by atoms with E-state index in [-0.39, 0.29) is 17.9 Å². The van der Waals surface area contributed by atoms with Crippen LogP contribution in [-0.2, 0) is 4.79 Å². The maximum Gasteiger partial charge on any atom is 0.315 e. The van der Waals surface area contributed by atoms with Gasteiger partial charge in [0.1, 0.15) is 11.4 Å². The first-order chi connectivity index (χ1) is 8.97. The van der Waals surface area contributed by atoms with Gasteiger partial charge in [-0.15, -0.1) is 0 Å². The molecule has 1 amide bonds. The number of nitrogen functional groups attached to an aromatic ring is 1. The highest BCUT2D eigenvalue weighted by atomic mass is 16.6. The molecule has 104 valence electrons. The third-order valence-corrected chi connectivity index (χ3v) is 2.70. The van der Waals surface area contributed by atoms with E-state index in [1.54, 1.807) is 17.0 Å². The minimum atomic E-state index is -0.537. The highest BCUT2D eigenvalue weighted by Gasteiger charge is 2.23. The fraction of sp³-hybridized carbons (Fsp3) is 0.417. The highest BCUT2D eigenvalue weighted by Crippen LogP contribution is 2.33. The van der Waals surface area contributed by atoms with Gasteiger partial charge in [0.05, 0.1) is 11.5 Å². The second-order valence-electron chi connectivity index (χ2n) is 4.21. The van der Waals surface area contributed by atoms with Gasteiger partial charge in [-0.25, -0.2) is 0 Å². The van der Waals surface area contributed by atoms with Crippen molar-refractivity contribution in [3.05, 3.63) is 28.3 Å². The quantitative estimate of drug-likeness (QED) is 0.438. The fourth-order valence-corrected chi connectivity index (χ4v) is 1.82. The fourth-order valence-electron chi connectivity index (χ4n) is 1.82. The molecule has 0 aliphatic heterocycles. The first kappa shape index (κ1) is 14.7. The molecule has 0 fully saturated rings. The van der Waals surface area contributed by atoms with Gasteiger partial charge in [0, 0.05) is 6.54 Å². The van der Waals surface area contributed by atoms with Crippen LogP contribution in [0.2, 0.25) is 0 Å². The number of hydrogen-bond donors (Lipinski definition) is 2. The van der Waals surface area contributed by atoms with Crippen molar-refractivity contribution >= 4 is 23.0 Å². The van der Waals surface area contributed by atoms with E-state index in [2.05, 4.69) is 0 Å². The van der Waals surface area contributed by atoms with Crippen LogP contribution < -0.4 is 16.4 Å². The second-order valence-corrected chi connectivity index (χ2v) is 4.21. The van der Waals surface area contributed by atoms with Gasteiger partial charge < -0.3 is 16.4 Å². The molecule has 0 radical (unpaired) electrons. The predicted molar refractivity (Wildman–Crippen MR) is 73.8 cm³/mol. The smallest absolute Gasteiger partial charge is 0.315 e. The molecule has 0 bridgehead atoms. The van der Waals surface area contributed by atoms with Crippen LogP contribution in [0.5, 0.6) is 0 Å². The molecule has 0 atom stereocenters. The molecular weight excluding hydrogens is 248 g/mol. The summed E-state index contributed by atoms with van der Waals surface area (Å²) in [5.74, 6) is -0.534. The Morgan fingerprint density at radius 1 is 1.47 bits per heavy atom. The summed E-state index contributed by atoms with van der Waals surface area (Å²) in [4.78, 5) is 23.2. The molecule has 0 saturated carbocycles. The zero-order chi connectivity index (χ0) is 14.4. The van der Waals surface area contributed by atoms with Crippen LogP contribution in [0.15, 0.2) is 18.2 Å². The molecule has 1 rings (SSSR count). The van der Waals surface area contributed by atoms with Crippen LogP contribution >= 0.6 is 0 Å². The highest BCUT2D eigenvalue weighted by molar-refractivity contribution is 5.83. The van der Waals surface area contributed by atoms with Gasteiger partial charge in [0.2, 0.25) is 5.91 Å². The molecule has 0 aliphatic carbocycles. The molecule has 1 aromatic rings. The van der Waals surface area contributed by atoms with E-state index in [9.17, 15) is 14.9 Å². The molecule has 19 heavy (non-hydrogen) atoms. The monoisotopic (exact) mass is 266 g/mol. The summed E-state index contributed by atoms with van der Waals surface area (Å²) in [6.45, 7) is 2.45. The van der Waals surface area contributed by atoms with Crippen LogP contribution in [0.4, 0.5) is 17.1 Å². The Labute approximate surface area is 111 Å². The lowest BCUT2D eigenvalue weighted by Crippen LogP contribution is -2.35. The summed E-state index contributed by atoms with van der Waals surface area (Å²) < 4.78 is 0. The van der Waals surface area contributed by atoms with Gasteiger partial charge in [-0.3, -0.25) is 14.9 Å². The molecule has 1 aromatic carbocycles. The number of rotatable bonds is 7. The maximum atomic E-state index is 11.1. The van der Waals surface area contributed by atoms with Crippen LogP contribution in [-0.4, -0.2) is 23.9 Å². The van der Waals surface area contributed by atoms with E-state index in [0.29, 0.717) is 12.2 Å². The number of nitro groups is 1. The normalized spacial score (nSPS) is 10.2. The molecule has 7 heteroatoms. The molecule has 0 aliphatic rings. The van der Waals surface area contributed by atoms with Crippen molar-refractivity contribution in [2.45, 2.75) is 19.8 Å². The zero-order valence-electron chi connectivity index (χ0n) is 10.8. The summed E-state index contributed by atoms with van der Waals surface area (Å²) >= 11 is 0. The Hall–Kier alpha value is -2.31. The van der Waals surface area contributed by atoms with Crippen LogP contribution in [0.25, 0.3) is 0 Å². The molecule has 0 unspecified atom stereocenters. The van der Waals surface area contributed by atoms with Crippen molar-refractivity contribution in [1.29, 1.82) is 0 Å². The lowest BCUT2D eigenvalue weighted by Gasteiger charge is -2.23. The Bertz CT molecular complexity index is 476. The summed E-state index contributed by atoms with van der Waals surface area (Å²) in [5.41, 5.74) is 11.0. The van der Waals surface area contributed by atoms with Gasteiger partial charge in [-0.05, 0) is 18.6 Å². The SMILES string of the molecule is CCCCN(CC(N)=O)c1cccc(N)c1[N+](=O)[O-]. The predicted octanol–water partition coefficient (Wildman–Crippen LogP) is 1.27. The molecule has 7 nitrogen and oxygen atoms in total. The number of hydrogen-bond acceptors (Lipinski definition) is 5. The van der Waals surface area contributed by atoms with Gasteiger partial charge >= 0.3 is 5.69 Å². The lowest BCUT2D eigenvalue weighted by molar-refractivity contribution is -0.383. The first-order valence-corrected chi connectivity index (χ1v) is 6.03. The number of primary amides is 1. The van der Waals surface area contributed by atoms with Crippen LogP contribution in [0.3, 0.4) is 0 Å². The second kappa shape index (κ2) is 6.58. The summed E-state index contributed by atoms with van der Waals surface area (Å²) in [5, 5.41) is 11.1. The standard InChI is InChI=1S/C12H18N4O3/c1-2-3-7-15(8-11(14)17)10-6-4-5-9(13)12(10)16(18)19/h4-6H,2-3,7-8,13H2,1H3,(H2,14,17). The number of nitrogens with zero attached hydrogens (tertiary/aromatic N) is 2. The number of nitrogens with two attached hydrogens (primary N) is 2. The van der Waals surface area contributed by atoms with E-state index >= 15 is 0 Å². The van der Waals surface area contributed by atoms with Crippen molar-refractivity contribution in [1.82, 2.24) is 0 Å². The number of carbonyl (C=O) groups is 1. The Kier molecular flexibility index (Phi) is 5.11. The number of anilines is 2. The van der Waals surface area contributed by atoms with E-state index < -0.39 is 10.8 Å². The van der Waals surface area contributed by atoms with Crippen molar-refractivity contribution in [3.63, 3.8) is 0 Å². The minimum Gasteiger partial charge on any atom is -0.393 e. The van der Waals surface area contributed by atoms with Gasteiger partial charge in [-0.1, -0.05) is 19.4 Å². The third kappa shape index (κ3) is 3.84. The Balaban J connectivity index is 3.16. The average molecular weight is 266 g/mol. The molecule has 4 N–H and O–H groups in total. The number of benzene rings is 1. The minimum absolute atomic E-state index is 0.0652. The number of carbonyl (C=O) groups excluding carboxylic acids is 1. The van der Waals surface area contributed by atoms with Gasteiger partial charge in [0.15, 0.2) is 0 Å². The Morgan fingerprint density at radius 3 is 2.68 bits per heavy atom. The number of nitro benzene ring substituents is 1. The van der Waals surface area contributed by atoms with Gasteiger partial charge in [0.25, 0.3) is 0 Å². The average Bonchev–Trinajstić information content (AvgIpc) is 2.33. The number of para-hydroxylation sites is 1. The topological polar surface area (TPSA) is 115 Å². The molecule has 0 aromatic heterocycles. The number of amides is 1. The zero-order valence-corrected chi connectivity index (χ0v) is 10.8. The summed E-state index contributed by atoms with van der Waals surface area (Å²) in [6, 6.07) is 4.66. The lowest BCUT2D eigenvalue weighted by atomic mass is 10.2. The van der Waals surface area contributed by atoms with Crippen molar-refractivity contribution < 1.29 is 9.72 Å². The molecule has 0 heterocycles. The molecular formula is C12H18N4O3. The summed E-state index contributed by atoms with van der Waals surface area (Å²) in [6.07, 6.45) is 1.71. The first-order valence-electron chi connectivity index (χ1n) is 6.03. The van der Waals surface area contributed by atoms with E-state index in [4.69, 9.17) is 11.5 Å². The van der Waals surface area contributed by atoms with E-state index in [0.717, 1.165) is 12.8 Å². The molecule has 0 spiro atoms. The maximum absolute atomic E-state index is 11.1.